The SMILES string of the molecule is CCn1ncc(OC)c1C(O)CCc1ccccc1. The van der Waals surface area contributed by atoms with E-state index in [1.807, 2.05) is 25.1 Å². The molecule has 102 valence electrons. The molecule has 0 aliphatic carbocycles. The highest BCUT2D eigenvalue weighted by molar-refractivity contribution is 5.27. The second kappa shape index (κ2) is 6.38. The smallest absolute Gasteiger partial charge is 0.162 e. The lowest BCUT2D eigenvalue weighted by atomic mass is 10.0. The Hall–Kier alpha value is -1.81. The van der Waals surface area contributed by atoms with Gasteiger partial charge in [0.25, 0.3) is 0 Å². The van der Waals surface area contributed by atoms with Gasteiger partial charge in [-0.2, -0.15) is 5.10 Å². The van der Waals surface area contributed by atoms with Crippen molar-refractivity contribution in [3.8, 4) is 5.75 Å². The van der Waals surface area contributed by atoms with Crippen LogP contribution in [0.25, 0.3) is 0 Å². The lowest BCUT2D eigenvalue weighted by molar-refractivity contribution is 0.153. The first kappa shape index (κ1) is 13.6. The fourth-order valence-corrected chi connectivity index (χ4v) is 2.21. The van der Waals surface area contributed by atoms with Crippen molar-refractivity contribution in [2.24, 2.45) is 0 Å². The summed E-state index contributed by atoms with van der Waals surface area (Å²) in [5, 5.41) is 14.6. The molecule has 0 saturated heterocycles. The first-order valence-corrected chi connectivity index (χ1v) is 6.58. The number of nitrogens with zero attached hydrogens (tertiary/aromatic N) is 2. The Labute approximate surface area is 113 Å². The summed E-state index contributed by atoms with van der Waals surface area (Å²) < 4.78 is 7.04. The largest absolute Gasteiger partial charge is 0.493 e. The van der Waals surface area contributed by atoms with E-state index in [4.69, 9.17) is 4.74 Å². The van der Waals surface area contributed by atoms with Crippen molar-refractivity contribution in [2.45, 2.75) is 32.4 Å². The molecule has 1 N–H and O–H groups in total. The zero-order valence-electron chi connectivity index (χ0n) is 11.4. The molecular weight excluding hydrogens is 240 g/mol. The molecule has 1 atom stereocenters. The number of methoxy groups -OCH3 is 1. The number of aliphatic hydroxyl groups excluding tert-OH is 1. The predicted molar refractivity (Wildman–Crippen MR) is 74.2 cm³/mol. The minimum atomic E-state index is -0.558. The Morgan fingerprint density at radius 2 is 2.05 bits per heavy atom. The highest BCUT2D eigenvalue weighted by Gasteiger charge is 2.19. The summed E-state index contributed by atoms with van der Waals surface area (Å²) in [7, 11) is 1.60. The van der Waals surface area contributed by atoms with E-state index in [-0.39, 0.29) is 0 Å². The molecule has 19 heavy (non-hydrogen) atoms. The fourth-order valence-electron chi connectivity index (χ4n) is 2.21. The van der Waals surface area contributed by atoms with Crippen molar-refractivity contribution in [1.82, 2.24) is 9.78 Å². The Kier molecular flexibility index (Phi) is 4.58. The minimum Gasteiger partial charge on any atom is -0.493 e. The molecule has 4 nitrogen and oxygen atoms in total. The molecule has 0 aliphatic heterocycles. The van der Waals surface area contributed by atoms with Crippen LogP contribution in [0.2, 0.25) is 0 Å². The Balaban J connectivity index is 2.07. The topological polar surface area (TPSA) is 47.3 Å². The van der Waals surface area contributed by atoms with Gasteiger partial charge in [0.15, 0.2) is 5.75 Å². The van der Waals surface area contributed by atoms with E-state index in [1.165, 1.54) is 5.56 Å². The van der Waals surface area contributed by atoms with E-state index in [9.17, 15) is 5.11 Å². The zero-order valence-corrected chi connectivity index (χ0v) is 11.4. The average molecular weight is 260 g/mol. The second-order valence-electron chi connectivity index (χ2n) is 4.45. The van der Waals surface area contributed by atoms with Crippen LogP contribution in [-0.4, -0.2) is 22.0 Å². The van der Waals surface area contributed by atoms with Gasteiger partial charge >= 0.3 is 0 Å². The quantitative estimate of drug-likeness (QED) is 0.868. The summed E-state index contributed by atoms with van der Waals surface area (Å²) in [6.45, 7) is 2.72. The molecule has 0 aliphatic rings. The van der Waals surface area contributed by atoms with Gasteiger partial charge in [-0.15, -0.1) is 0 Å². The van der Waals surface area contributed by atoms with E-state index < -0.39 is 6.10 Å². The van der Waals surface area contributed by atoms with Crippen molar-refractivity contribution in [3.63, 3.8) is 0 Å². The summed E-state index contributed by atoms with van der Waals surface area (Å²) in [6.07, 6.45) is 2.59. The molecule has 0 amide bonds. The van der Waals surface area contributed by atoms with E-state index in [0.29, 0.717) is 12.2 Å². The van der Waals surface area contributed by atoms with Crippen molar-refractivity contribution in [2.75, 3.05) is 7.11 Å². The molecule has 4 heteroatoms. The van der Waals surface area contributed by atoms with Gasteiger partial charge in [0.2, 0.25) is 0 Å². The number of aromatic nitrogens is 2. The number of aryl methyl sites for hydroxylation is 2. The summed E-state index contributed by atoms with van der Waals surface area (Å²) in [4.78, 5) is 0. The molecule has 1 aromatic carbocycles. The van der Waals surface area contributed by atoms with Gasteiger partial charge in [-0.25, -0.2) is 0 Å². The van der Waals surface area contributed by atoms with Crippen LogP contribution in [0.15, 0.2) is 36.5 Å². The molecule has 0 fully saturated rings. The number of rotatable bonds is 6. The molecular formula is C15H20N2O2. The standard InChI is InChI=1S/C15H20N2O2/c1-3-17-15(14(19-2)11-16-17)13(18)10-9-12-7-5-4-6-8-12/h4-8,11,13,18H,3,9-10H2,1-2H3. The maximum Gasteiger partial charge on any atom is 0.162 e. The molecule has 0 spiro atoms. The van der Waals surface area contributed by atoms with Crippen molar-refractivity contribution in [1.29, 1.82) is 0 Å². The zero-order chi connectivity index (χ0) is 13.7. The van der Waals surface area contributed by atoms with Crippen molar-refractivity contribution in [3.05, 3.63) is 47.8 Å². The van der Waals surface area contributed by atoms with Crippen LogP contribution in [0.4, 0.5) is 0 Å². The van der Waals surface area contributed by atoms with Gasteiger partial charge in [0.05, 0.1) is 19.4 Å². The van der Waals surface area contributed by atoms with Gasteiger partial charge in [-0.05, 0) is 25.3 Å². The highest BCUT2D eigenvalue weighted by Crippen LogP contribution is 2.28. The Morgan fingerprint density at radius 1 is 1.32 bits per heavy atom. The van der Waals surface area contributed by atoms with Gasteiger partial charge in [-0.1, -0.05) is 30.3 Å². The maximum atomic E-state index is 10.4. The average Bonchev–Trinajstić information content (AvgIpc) is 2.89. The number of hydrogen-bond acceptors (Lipinski definition) is 3. The molecule has 2 rings (SSSR count). The van der Waals surface area contributed by atoms with Crippen LogP contribution in [0.5, 0.6) is 5.75 Å². The van der Waals surface area contributed by atoms with E-state index >= 15 is 0 Å². The summed E-state index contributed by atoms with van der Waals surface area (Å²) in [5.41, 5.74) is 1.99. The van der Waals surface area contributed by atoms with Crippen LogP contribution in [0.3, 0.4) is 0 Å². The Bertz CT molecular complexity index is 487. The third kappa shape index (κ3) is 3.15. The first-order valence-electron chi connectivity index (χ1n) is 6.58. The predicted octanol–water partition coefficient (Wildman–Crippen LogP) is 2.58. The van der Waals surface area contributed by atoms with Crippen molar-refractivity contribution >= 4 is 0 Å². The molecule has 0 saturated carbocycles. The van der Waals surface area contributed by atoms with Gasteiger partial charge < -0.3 is 9.84 Å². The maximum absolute atomic E-state index is 10.4. The number of hydrogen-bond donors (Lipinski definition) is 1. The van der Waals surface area contributed by atoms with Crippen LogP contribution < -0.4 is 4.74 Å². The highest BCUT2D eigenvalue weighted by atomic mass is 16.5. The minimum absolute atomic E-state index is 0.558. The molecule has 1 aromatic heterocycles. The molecule has 2 aromatic rings. The molecule has 1 unspecified atom stereocenters. The summed E-state index contributed by atoms with van der Waals surface area (Å²) >= 11 is 0. The van der Waals surface area contributed by atoms with Crippen LogP contribution >= 0.6 is 0 Å². The normalized spacial score (nSPS) is 12.4. The van der Waals surface area contributed by atoms with Crippen molar-refractivity contribution < 1.29 is 9.84 Å². The van der Waals surface area contributed by atoms with E-state index in [1.54, 1.807) is 18.0 Å². The van der Waals surface area contributed by atoms with Crippen LogP contribution in [0.1, 0.15) is 30.7 Å². The third-order valence-electron chi connectivity index (χ3n) is 3.23. The molecule has 0 radical (unpaired) electrons. The molecule has 1 heterocycles. The van der Waals surface area contributed by atoms with Gasteiger partial charge in [-0.3, -0.25) is 4.68 Å². The van der Waals surface area contributed by atoms with E-state index in [0.717, 1.165) is 18.7 Å². The second-order valence-corrected chi connectivity index (χ2v) is 4.45. The van der Waals surface area contributed by atoms with Crippen LogP contribution in [-0.2, 0) is 13.0 Å². The van der Waals surface area contributed by atoms with Gasteiger partial charge in [0, 0.05) is 6.54 Å². The number of ether oxygens (including phenoxy) is 1. The molecule has 0 bridgehead atoms. The summed E-state index contributed by atoms with van der Waals surface area (Å²) in [6, 6.07) is 10.2. The lowest BCUT2D eigenvalue weighted by Gasteiger charge is -2.14. The number of aliphatic hydroxyl groups is 1. The van der Waals surface area contributed by atoms with Gasteiger partial charge in [0.1, 0.15) is 5.69 Å². The van der Waals surface area contributed by atoms with E-state index in [2.05, 4.69) is 17.2 Å². The number of benzene rings is 1. The Morgan fingerprint density at radius 3 is 2.68 bits per heavy atom. The monoisotopic (exact) mass is 260 g/mol. The third-order valence-corrected chi connectivity index (χ3v) is 3.23. The lowest BCUT2D eigenvalue weighted by Crippen LogP contribution is -2.10. The fraction of sp³-hybridized carbons (Fsp3) is 0.400. The first-order chi connectivity index (χ1) is 9.26. The van der Waals surface area contributed by atoms with Crippen LogP contribution in [0, 0.1) is 0 Å². The summed E-state index contributed by atoms with van der Waals surface area (Å²) in [5.74, 6) is 0.655.